The molecule has 0 radical (unpaired) electrons. The minimum absolute atomic E-state index is 0.107. The predicted octanol–water partition coefficient (Wildman–Crippen LogP) is 4.32. The van der Waals surface area contributed by atoms with Crippen LogP contribution in [0.25, 0.3) is 0 Å². The van der Waals surface area contributed by atoms with Crippen molar-refractivity contribution >= 4 is 50.5 Å². The third kappa shape index (κ3) is 6.38. The van der Waals surface area contributed by atoms with Gasteiger partial charge in [-0.15, -0.1) is 0 Å². The number of nitrogens with one attached hydrogen (secondary N) is 1. The van der Waals surface area contributed by atoms with Crippen molar-refractivity contribution in [1.29, 1.82) is 0 Å². The standard InChI is InChI=1S/C19H22Cl2N2O4S/c1-27-13-14-6-3-7-15(12-14)22-18(24)10-5-11-23(28(2,25)26)17-9-4-8-16(20)19(17)21/h3-4,6-9,12H,5,10-11,13H2,1-2H3,(H,22,24). The molecular formula is C19H22Cl2N2O4S. The van der Waals surface area contributed by atoms with Gasteiger partial charge in [0.2, 0.25) is 15.9 Å². The summed E-state index contributed by atoms with van der Waals surface area (Å²) in [4.78, 5) is 12.2. The first-order chi connectivity index (χ1) is 13.2. The van der Waals surface area contributed by atoms with Crippen LogP contribution in [-0.2, 0) is 26.2 Å². The van der Waals surface area contributed by atoms with Crippen molar-refractivity contribution in [3.05, 3.63) is 58.1 Å². The maximum atomic E-state index is 12.2. The lowest BCUT2D eigenvalue weighted by Gasteiger charge is -2.23. The van der Waals surface area contributed by atoms with Gasteiger partial charge >= 0.3 is 0 Å². The molecule has 1 N–H and O–H groups in total. The quantitative estimate of drug-likeness (QED) is 0.624. The van der Waals surface area contributed by atoms with Crippen molar-refractivity contribution in [2.45, 2.75) is 19.4 Å². The molecule has 28 heavy (non-hydrogen) atoms. The molecule has 0 fully saturated rings. The fourth-order valence-corrected chi connectivity index (χ4v) is 4.08. The molecule has 152 valence electrons. The number of benzene rings is 2. The Balaban J connectivity index is 2.00. The largest absolute Gasteiger partial charge is 0.380 e. The molecule has 0 bridgehead atoms. The molecule has 0 aliphatic rings. The second-order valence-corrected chi connectivity index (χ2v) is 8.89. The Morgan fingerprint density at radius 3 is 2.57 bits per heavy atom. The number of nitrogens with zero attached hydrogens (tertiary/aromatic N) is 1. The Bertz CT molecular complexity index is 935. The first kappa shape index (κ1) is 22.5. The summed E-state index contributed by atoms with van der Waals surface area (Å²) in [5.74, 6) is -0.208. The number of ether oxygens (including phenoxy) is 1. The summed E-state index contributed by atoms with van der Waals surface area (Å²) < 4.78 is 30.6. The van der Waals surface area contributed by atoms with Crippen molar-refractivity contribution in [1.82, 2.24) is 0 Å². The van der Waals surface area contributed by atoms with E-state index in [1.165, 1.54) is 0 Å². The number of carbonyl (C=O) groups excluding carboxylic acids is 1. The first-order valence-corrected chi connectivity index (χ1v) is 11.1. The SMILES string of the molecule is COCc1cccc(NC(=O)CCCN(c2cccc(Cl)c2Cl)S(C)(=O)=O)c1. The Morgan fingerprint density at radius 2 is 1.89 bits per heavy atom. The van der Waals surface area contributed by atoms with Gasteiger partial charge in [0.15, 0.2) is 0 Å². The molecule has 9 heteroatoms. The van der Waals surface area contributed by atoms with Crippen LogP contribution in [0.2, 0.25) is 10.0 Å². The molecule has 2 aromatic carbocycles. The molecule has 0 aromatic heterocycles. The third-order valence-corrected chi connectivity index (χ3v) is 5.88. The van der Waals surface area contributed by atoms with E-state index >= 15 is 0 Å². The lowest BCUT2D eigenvalue weighted by molar-refractivity contribution is -0.116. The normalized spacial score (nSPS) is 11.3. The summed E-state index contributed by atoms with van der Waals surface area (Å²) in [6.45, 7) is 0.559. The zero-order chi connectivity index (χ0) is 20.7. The molecule has 0 atom stereocenters. The number of halogens is 2. The monoisotopic (exact) mass is 444 g/mol. The lowest BCUT2D eigenvalue weighted by Crippen LogP contribution is -2.31. The van der Waals surface area contributed by atoms with Gasteiger partial charge in [0.25, 0.3) is 0 Å². The molecule has 2 rings (SSSR count). The molecule has 0 unspecified atom stereocenters. The number of sulfonamides is 1. The van der Waals surface area contributed by atoms with Gasteiger partial charge in [-0.25, -0.2) is 8.42 Å². The molecular weight excluding hydrogens is 423 g/mol. The van der Waals surface area contributed by atoms with Gasteiger partial charge in [0.05, 0.1) is 28.6 Å². The second-order valence-electron chi connectivity index (χ2n) is 6.19. The Kier molecular flexibility index (Phi) is 8.12. The van der Waals surface area contributed by atoms with E-state index in [0.29, 0.717) is 24.4 Å². The van der Waals surface area contributed by atoms with E-state index < -0.39 is 10.0 Å². The van der Waals surface area contributed by atoms with E-state index in [1.807, 2.05) is 18.2 Å². The van der Waals surface area contributed by atoms with E-state index in [-0.39, 0.29) is 28.9 Å². The van der Waals surface area contributed by atoms with Crippen LogP contribution in [0.1, 0.15) is 18.4 Å². The minimum Gasteiger partial charge on any atom is -0.380 e. The highest BCUT2D eigenvalue weighted by atomic mass is 35.5. The van der Waals surface area contributed by atoms with E-state index in [4.69, 9.17) is 27.9 Å². The molecule has 1 amide bonds. The van der Waals surface area contributed by atoms with E-state index in [2.05, 4.69) is 5.32 Å². The van der Waals surface area contributed by atoms with Crippen LogP contribution < -0.4 is 9.62 Å². The van der Waals surface area contributed by atoms with Gasteiger partial charge in [-0.1, -0.05) is 41.4 Å². The van der Waals surface area contributed by atoms with Crippen LogP contribution >= 0.6 is 23.2 Å². The molecule has 0 aliphatic carbocycles. The van der Waals surface area contributed by atoms with E-state index in [9.17, 15) is 13.2 Å². The van der Waals surface area contributed by atoms with Crippen LogP contribution in [0.4, 0.5) is 11.4 Å². The lowest BCUT2D eigenvalue weighted by atomic mass is 10.2. The molecule has 0 spiro atoms. The third-order valence-electron chi connectivity index (χ3n) is 3.89. The number of methoxy groups -OCH3 is 1. The van der Waals surface area contributed by atoms with Gasteiger partial charge in [-0.3, -0.25) is 9.10 Å². The zero-order valence-electron chi connectivity index (χ0n) is 15.6. The summed E-state index contributed by atoms with van der Waals surface area (Å²) in [7, 11) is -1.98. The Hall–Kier alpha value is -1.80. The number of hydrogen-bond donors (Lipinski definition) is 1. The molecule has 0 aliphatic heterocycles. The van der Waals surface area contributed by atoms with Gasteiger partial charge in [0.1, 0.15) is 0 Å². The Labute approximate surface area is 175 Å². The van der Waals surface area contributed by atoms with Crippen molar-refractivity contribution < 1.29 is 17.9 Å². The van der Waals surface area contributed by atoms with Crippen molar-refractivity contribution in [2.24, 2.45) is 0 Å². The fraction of sp³-hybridized carbons (Fsp3) is 0.316. The average Bonchev–Trinajstić information content (AvgIpc) is 2.61. The molecule has 0 heterocycles. The van der Waals surface area contributed by atoms with Crippen LogP contribution in [0.3, 0.4) is 0 Å². The summed E-state index contributed by atoms with van der Waals surface area (Å²) >= 11 is 12.1. The van der Waals surface area contributed by atoms with E-state index in [0.717, 1.165) is 16.1 Å². The van der Waals surface area contributed by atoms with Crippen LogP contribution in [-0.4, -0.2) is 34.2 Å². The first-order valence-electron chi connectivity index (χ1n) is 8.52. The summed E-state index contributed by atoms with van der Waals surface area (Å²) in [6.07, 6.45) is 1.56. The maximum absolute atomic E-state index is 12.2. The number of amides is 1. The smallest absolute Gasteiger partial charge is 0.232 e. The van der Waals surface area contributed by atoms with Crippen molar-refractivity contribution in [2.75, 3.05) is 29.5 Å². The summed E-state index contributed by atoms with van der Waals surface area (Å²) in [5.41, 5.74) is 1.90. The minimum atomic E-state index is -3.58. The topological polar surface area (TPSA) is 75.7 Å². The number of anilines is 2. The van der Waals surface area contributed by atoms with Gasteiger partial charge < -0.3 is 10.1 Å². The van der Waals surface area contributed by atoms with Gasteiger partial charge in [-0.2, -0.15) is 0 Å². The van der Waals surface area contributed by atoms with Gasteiger partial charge in [0, 0.05) is 25.8 Å². The van der Waals surface area contributed by atoms with Crippen LogP contribution in [0.15, 0.2) is 42.5 Å². The molecule has 0 saturated carbocycles. The van der Waals surface area contributed by atoms with Gasteiger partial charge in [-0.05, 0) is 36.2 Å². The van der Waals surface area contributed by atoms with E-state index in [1.54, 1.807) is 31.4 Å². The Morgan fingerprint density at radius 1 is 1.18 bits per heavy atom. The summed E-state index contributed by atoms with van der Waals surface area (Å²) in [6, 6.07) is 12.1. The van der Waals surface area contributed by atoms with Crippen molar-refractivity contribution in [3.8, 4) is 0 Å². The highest BCUT2D eigenvalue weighted by Crippen LogP contribution is 2.33. The molecule has 2 aromatic rings. The zero-order valence-corrected chi connectivity index (χ0v) is 17.9. The number of hydrogen-bond acceptors (Lipinski definition) is 4. The summed E-state index contributed by atoms with van der Waals surface area (Å²) in [5, 5.41) is 3.23. The molecule has 6 nitrogen and oxygen atoms in total. The highest BCUT2D eigenvalue weighted by Gasteiger charge is 2.21. The average molecular weight is 445 g/mol. The number of carbonyl (C=O) groups is 1. The highest BCUT2D eigenvalue weighted by molar-refractivity contribution is 7.92. The molecule has 0 saturated heterocycles. The fourth-order valence-electron chi connectivity index (χ4n) is 2.66. The van der Waals surface area contributed by atoms with Crippen LogP contribution in [0.5, 0.6) is 0 Å². The maximum Gasteiger partial charge on any atom is 0.232 e. The van der Waals surface area contributed by atoms with Crippen LogP contribution in [0, 0.1) is 0 Å². The number of rotatable bonds is 9. The predicted molar refractivity (Wildman–Crippen MR) is 114 cm³/mol. The van der Waals surface area contributed by atoms with Crippen molar-refractivity contribution in [3.63, 3.8) is 0 Å². The second kappa shape index (κ2) is 10.1.